The molecule has 0 radical (unpaired) electrons. The number of nitrogens with one attached hydrogen (secondary N) is 1. The lowest BCUT2D eigenvalue weighted by atomic mass is 9.68. The number of fused-ring (bicyclic) bond motifs is 4. The van der Waals surface area contributed by atoms with Gasteiger partial charge in [-0.25, -0.2) is 13.1 Å². The van der Waals surface area contributed by atoms with Crippen molar-refractivity contribution in [2.75, 3.05) is 38.3 Å². The fourth-order valence-electron chi connectivity index (χ4n) is 7.49. The van der Waals surface area contributed by atoms with Crippen molar-refractivity contribution in [3.8, 4) is 5.75 Å². The summed E-state index contributed by atoms with van der Waals surface area (Å²) in [6.07, 6.45) is 8.23. The second-order valence-corrected chi connectivity index (χ2v) is 15.3. The molecular weight excluding hydrogens is 588 g/mol. The third-order valence-corrected chi connectivity index (χ3v) is 11.9. The van der Waals surface area contributed by atoms with Gasteiger partial charge in [0.15, 0.2) is 0 Å². The van der Waals surface area contributed by atoms with E-state index in [1.54, 1.807) is 18.2 Å². The first kappa shape index (κ1) is 30.4. The van der Waals surface area contributed by atoms with Crippen molar-refractivity contribution in [1.29, 1.82) is 0 Å². The number of benzene rings is 2. The third-order valence-electron chi connectivity index (χ3n) is 9.97. The van der Waals surface area contributed by atoms with E-state index >= 15 is 0 Å². The zero-order valence-electron chi connectivity index (χ0n) is 24.8. The Bertz CT molecular complexity index is 1510. The molecule has 0 saturated heterocycles. The largest absolute Gasteiger partial charge is 0.490 e. The number of amides is 1. The number of aryl methyl sites for hydroxylation is 1. The van der Waals surface area contributed by atoms with E-state index < -0.39 is 27.3 Å². The summed E-state index contributed by atoms with van der Waals surface area (Å²) in [5, 5.41) is 11.0. The second kappa shape index (κ2) is 12.1. The molecule has 2 bridgehead atoms. The van der Waals surface area contributed by atoms with Gasteiger partial charge in [0, 0.05) is 36.2 Å². The quantitative estimate of drug-likeness (QED) is 0.457. The van der Waals surface area contributed by atoms with E-state index in [1.165, 1.54) is 18.2 Å². The molecule has 2 aromatic rings. The van der Waals surface area contributed by atoms with Crippen LogP contribution in [-0.2, 0) is 26.6 Å². The molecular formula is C33H41ClN2O6S. The van der Waals surface area contributed by atoms with E-state index in [0.717, 1.165) is 42.8 Å². The minimum absolute atomic E-state index is 0.0470. The van der Waals surface area contributed by atoms with E-state index in [2.05, 4.69) is 21.8 Å². The molecule has 1 spiro atoms. The maximum atomic E-state index is 13.4. The third kappa shape index (κ3) is 6.06. The van der Waals surface area contributed by atoms with Crippen LogP contribution in [0.5, 0.6) is 5.75 Å². The Kier molecular flexibility index (Phi) is 8.54. The number of allylic oxidation sites excluding steroid dienone is 1. The minimum atomic E-state index is -4.04. The van der Waals surface area contributed by atoms with Crippen LogP contribution >= 0.6 is 11.6 Å². The SMILES string of the molecule is COC[C@@H]1C[C@H](C)/C=C/C(O)[C@@H]2CC[C@H]2CN2C[C@@]3(CCCc4cc(Cl)ccc43)COc3ccc(cc32)C(=O)NS1(=O)=O. The Balaban J connectivity index is 1.42. The highest BCUT2D eigenvalue weighted by atomic mass is 35.5. The monoisotopic (exact) mass is 628 g/mol. The van der Waals surface area contributed by atoms with Gasteiger partial charge in [-0.3, -0.25) is 4.79 Å². The first-order chi connectivity index (χ1) is 20.6. The van der Waals surface area contributed by atoms with Crippen molar-refractivity contribution in [2.45, 2.75) is 62.2 Å². The van der Waals surface area contributed by atoms with E-state index in [-0.39, 0.29) is 41.8 Å². The molecule has 2 N–H and O–H groups in total. The van der Waals surface area contributed by atoms with Crippen LogP contribution in [0.15, 0.2) is 48.6 Å². The van der Waals surface area contributed by atoms with Gasteiger partial charge in [-0.05, 0) is 97.7 Å². The summed E-state index contributed by atoms with van der Waals surface area (Å²) in [6, 6.07) is 11.3. The van der Waals surface area contributed by atoms with Crippen molar-refractivity contribution in [2.24, 2.45) is 17.8 Å². The number of carbonyl (C=O) groups excluding carboxylic acids is 1. The van der Waals surface area contributed by atoms with Crippen LogP contribution in [0.3, 0.4) is 0 Å². The average molecular weight is 629 g/mol. The molecule has 2 aromatic carbocycles. The molecule has 43 heavy (non-hydrogen) atoms. The number of nitrogens with zero attached hydrogens (tertiary/aromatic N) is 1. The number of sulfonamides is 1. The van der Waals surface area contributed by atoms with Gasteiger partial charge in [0.1, 0.15) is 11.0 Å². The number of aliphatic hydroxyl groups is 1. The second-order valence-electron chi connectivity index (χ2n) is 12.9. The molecule has 1 amide bonds. The van der Waals surface area contributed by atoms with Gasteiger partial charge in [-0.15, -0.1) is 0 Å². The molecule has 8 nitrogen and oxygen atoms in total. The Morgan fingerprint density at radius 3 is 2.79 bits per heavy atom. The highest BCUT2D eigenvalue weighted by Crippen LogP contribution is 2.46. The topological polar surface area (TPSA) is 105 Å². The minimum Gasteiger partial charge on any atom is -0.490 e. The summed E-state index contributed by atoms with van der Waals surface area (Å²) in [7, 11) is -2.59. The van der Waals surface area contributed by atoms with Crippen LogP contribution < -0.4 is 14.4 Å². The molecule has 1 unspecified atom stereocenters. The number of halogens is 1. The summed E-state index contributed by atoms with van der Waals surface area (Å²) in [4.78, 5) is 15.8. The molecule has 1 fully saturated rings. The van der Waals surface area contributed by atoms with Crippen LogP contribution in [-0.4, -0.2) is 64.2 Å². The van der Waals surface area contributed by atoms with Gasteiger partial charge < -0.3 is 19.5 Å². The maximum Gasteiger partial charge on any atom is 0.264 e. The van der Waals surface area contributed by atoms with E-state index in [4.69, 9.17) is 21.1 Å². The van der Waals surface area contributed by atoms with Gasteiger partial charge in [0.05, 0.1) is 25.0 Å². The molecule has 10 heteroatoms. The molecule has 2 aliphatic carbocycles. The number of methoxy groups -OCH3 is 1. The molecule has 4 aliphatic rings. The van der Waals surface area contributed by atoms with Crippen LogP contribution in [0.25, 0.3) is 0 Å². The average Bonchev–Trinajstić information content (AvgIpc) is 3.10. The lowest BCUT2D eigenvalue weighted by molar-refractivity contribution is 0.0454. The van der Waals surface area contributed by atoms with Crippen LogP contribution in [0.2, 0.25) is 5.02 Å². The van der Waals surface area contributed by atoms with Gasteiger partial charge in [0.25, 0.3) is 5.91 Å². The lowest BCUT2D eigenvalue weighted by Crippen LogP contribution is -2.49. The Labute approximate surface area is 259 Å². The fraction of sp³-hybridized carbons (Fsp3) is 0.545. The molecule has 0 aromatic heterocycles. The standard InChI is InChI=1S/C33H41ClN2O6S/c1-21-5-11-30(37)27-9-6-24(27)17-36-19-33(13-3-4-22-15-25(34)8-10-28(22)33)20-42-31-12-7-23(16-29(31)36)32(38)35-43(39,40)26(14-21)18-41-2/h5,7-8,10-12,15-16,21,24,26-27,30,37H,3-4,6,9,13-14,17-20H2,1-2H3,(H,35,38)/b11-5+/t21-,24+,26+,27-,30?,33+/m1/s1. The number of hydrogen-bond acceptors (Lipinski definition) is 7. The molecule has 6 rings (SSSR count). The first-order valence-corrected chi connectivity index (χ1v) is 17.2. The number of aliphatic hydroxyl groups excluding tert-OH is 1. The van der Waals surface area contributed by atoms with Crippen molar-refractivity contribution >= 4 is 33.2 Å². The fourth-order valence-corrected chi connectivity index (χ4v) is 9.10. The van der Waals surface area contributed by atoms with Crippen molar-refractivity contribution < 1.29 is 27.8 Å². The lowest BCUT2D eigenvalue weighted by Gasteiger charge is -2.45. The van der Waals surface area contributed by atoms with Crippen LogP contribution in [0.4, 0.5) is 5.69 Å². The molecule has 2 aliphatic heterocycles. The van der Waals surface area contributed by atoms with E-state index in [9.17, 15) is 18.3 Å². The maximum absolute atomic E-state index is 13.4. The summed E-state index contributed by atoms with van der Waals surface area (Å²) < 4.78 is 40.8. The number of rotatable bonds is 2. The predicted octanol–water partition coefficient (Wildman–Crippen LogP) is 4.87. The van der Waals surface area contributed by atoms with Gasteiger partial charge in [-0.2, -0.15) is 0 Å². The summed E-state index contributed by atoms with van der Waals surface area (Å²) in [6.45, 7) is 3.74. The van der Waals surface area contributed by atoms with Crippen molar-refractivity contribution in [1.82, 2.24) is 4.72 Å². The zero-order chi connectivity index (χ0) is 30.4. The molecule has 6 atom stereocenters. The Morgan fingerprint density at radius 1 is 1.19 bits per heavy atom. The van der Waals surface area contributed by atoms with Crippen molar-refractivity contribution in [3.05, 3.63) is 70.3 Å². The number of carbonyl (C=O) groups is 1. The number of hydrogen-bond donors (Lipinski definition) is 2. The summed E-state index contributed by atoms with van der Waals surface area (Å²) in [5.74, 6) is 0.218. The van der Waals surface area contributed by atoms with E-state index in [1.807, 2.05) is 25.1 Å². The summed E-state index contributed by atoms with van der Waals surface area (Å²) in [5.41, 5.74) is 3.25. The van der Waals surface area contributed by atoms with Crippen LogP contribution in [0, 0.1) is 17.8 Å². The van der Waals surface area contributed by atoms with Gasteiger partial charge in [0.2, 0.25) is 10.0 Å². The first-order valence-electron chi connectivity index (χ1n) is 15.3. The Morgan fingerprint density at radius 2 is 2.02 bits per heavy atom. The van der Waals surface area contributed by atoms with Crippen molar-refractivity contribution in [3.63, 3.8) is 0 Å². The smallest absolute Gasteiger partial charge is 0.264 e. The highest BCUT2D eigenvalue weighted by Gasteiger charge is 2.44. The number of ether oxygens (including phenoxy) is 2. The highest BCUT2D eigenvalue weighted by molar-refractivity contribution is 7.90. The molecule has 232 valence electrons. The molecule has 1 saturated carbocycles. The Hall–Kier alpha value is -2.59. The normalized spacial score (nSPS) is 32.8. The van der Waals surface area contributed by atoms with Crippen LogP contribution in [0.1, 0.15) is 60.5 Å². The van der Waals surface area contributed by atoms with E-state index in [0.29, 0.717) is 25.4 Å². The predicted molar refractivity (Wildman–Crippen MR) is 167 cm³/mol. The zero-order valence-corrected chi connectivity index (χ0v) is 26.4. The molecule has 2 heterocycles. The van der Waals surface area contributed by atoms with Gasteiger partial charge in [-0.1, -0.05) is 36.7 Å². The summed E-state index contributed by atoms with van der Waals surface area (Å²) >= 11 is 6.39. The van der Waals surface area contributed by atoms with Gasteiger partial charge >= 0.3 is 0 Å². The number of anilines is 1.